The Morgan fingerprint density at radius 3 is 2.81 bits per heavy atom. The van der Waals surface area contributed by atoms with Gasteiger partial charge in [0.1, 0.15) is 0 Å². The number of hydrogen-bond acceptors (Lipinski definition) is 5. The van der Waals surface area contributed by atoms with Crippen molar-refractivity contribution in [2.45, 2.75) is 19.5 Å². The molecule has 0 bridgehead atoms. The van der Waals surface area contributed by atoms with E-state index in [1.165, 1.54) is 0 Å². The summed E-state index contributed by atoms with van der Waals surface area (Å²) in [6.07, 6.45) is 0.869. The second-order valence-electron chi connectivity index (χ2n) is 6.27. The minimum Gasteiger partial charge on any atom is -0.382 e. The van der Waals surface area contributed by atoms with E-state index >= 15 is 0 Å². The summed E-state index contributed by atoms with van der Waals surface area (Å²) in [7, 11) is 1.64. The van der Waals surface area contributed by atoms with Gasteiger partial charge in [-0.15, -0.1) is 12.4 Å². The average molecular weight is 395 g/mol. The van der Waals surface area contributed by atoms with Crippen LogP contribution in [0.3, 0.4) is 0 Å². The van der Waals surface area contributed by atoms with Crippen molar-refractivity contribution in [3.8, 4) is 0 Å². The molecule has 2 aromatic rings. The fraction of sp³-hybridized carbons (Fsp3) is 0.474. The Morgan fingerprint density at radius 2 is 2.04 bits per heavy atom. The lowest BCUT2D eigenvalue weighted by atomic mass is 10.1. The summed E-state index contributed by atoms with van der Waals surface area (Å²) < 4.78 is 10.5. The number of nitrogens with zero attached hydrogens (tertiary/aromatic N) is 2. The zero-order valence-corrected chi connectivity index (χ0v) is 16.4. The number of benzene rings is 1. The monoisotopic (exact) mass is 394 g/mol. The zero-order valence-electron chi connectivity index (χ0n) is 15.6. The number of nitrogens with one attached hydrogen (secondary N) is 2. The number of ether oxygens (including phenoxy) is 2. The average Bonchev–Trinajstić information content (AvgIpc) is 3.11. The highest BCUT2D eigenvalue weighted by molar-refractivity contribution is 5.94. The highest BCUT2D eigenvalue weighted by atomic mass is 35.5. The molecule has 8 heteroatoms. The number of aromatic amines is 1. The van der Waals surface area contributed by atoms with E-state index in [9.17, 15) is 4.79 Å². The largest absolute Gasteiger partial charge is 0.382 e. The molecule has 27 heavy (non-hydrogen) atoms. The molecule has 2 N–H and O–H groups in total. The van der Waals surface area contributed by atoms with Crippen LogP contribution in [0.5, 0.6) is 0 Å². The number of amides is 1. The minimum atomic E-state index is -0.0644. The van der Waals surface area contributed by atoms with Gasteiger partial charge in [-0.05, 0) is 5.56 Å². The lowest BCUT2D eigenvalue weighted by Gasteiger charge is -2.23. The van der Waals surface area contributed by atoms with E-state index in [1.54, 1.807) is 12.0 Å². The first-order chi connectivity index (χ1) is 12.8. The Bertz CT molecular complexity index is 708. The normalized spacial score (nSPS) is 12.9. The molecule has 1 aromatic heterocycles. The van der Waals surface area contributed by atoms with E-state index in [2.05, 4.69) is 15.5 Å². The van der Waals surface area contributed by atoms with Crippen LogP contribution < -0.4 is 5.32 Å². The van der Waals surface area contributed by atoms with Gasteiger partial charge in [-0.25, -0.2) is 0 Å². The van der Waals surface area contributed by atoms with Gasteiger partial charge in [0.25, 0.3) is 5.91 Å². The van der Waals surface area contributed by atoms with E-state index in [0.717, 1.165) is 29.8 Å². The van der Waals surface area contributed by atoms with E-state index < -0.39 is 0 Å². The molecule has 0 atom stereocenters. The zero-order chi connectivity index (χ0) is 18.2. The molecule has 1 aliphatic rings. The number of H-pyrrole nitrogens is 1. The maximum atomic E-state index is 13.1. The third-order valence-corrected chi connectivity index (χ3v) is 4.45. The number of aromatic nitrogens is 2. The lowest BCUT2D eigenvalue weighted by molar-refractivity contribution is 0.0473. The van der Waals surface area contributed by atoms with Gasteiger partial charge in [-0.3, -0.25) is 9.89 Å². The fourth-order valence-electron chi connectivity index (χ4n) is 3.03. The van der Waals surface area contributed by atoms with Gasteiger partial charge in [-0.2, -0.15) is 5.10 Å². The summed E-state index contributed by atoms with van der Waals surface area (Å²) in [4.78, 5) is 14.9. The van der Waals surface area contributed by atoms with Gasteiger partial charge in [0, 0.05) is 51.0 Å². The maximum absolute atomic E-state index is 13.1. The van der Waals surface area contributed by atoms with Crippen molar-refractivity contribution < 1.29 is 14.3 Å². The van der Waals surface area contributed by atoms with Crippen LogP contribution in [0.15, 0.2) is 30.3 Å². The van der Waals surface area contributed by atoms with Gasteiger partial charge in [0.05, 0.1) is 19.8 Å². The van der Waals surface area contributed by atoms with Crippen LogP contribution in [0, 0.1) is 0 Å². The van der Waals surface area contributed by atoms with E-state index in [-0.39, 0.29) is 18.3 Å². The molecule has 1 aliphatic heterocycles. The van der Waals surface area contributed by atoms with Crippen LogP contribution in [0.25, 0.3) is 0 Å². The van der Waals surface area contributed by atoms with Crippen molar-refractivity contribution in [2.75, 3.05) is 40.0 Å². The minimum absolute atomic E-state index is 0. The highest BCUT2D eigenvalue weighted by Crippen LogP contribution is 2.18. The highest BCUT2D eigenvalue weighted by Gasteiger charge is 2.25. The fourth-order valence-corrected chi connectivity index (χ4v) is 3.03. The molecular formula is C19H27ClN4O3. The number of carbonyl (C=O) groups excluding carboxylic acids is 1. The SMILES string of the molecule is COCCOCCN(Cc1ccccc1)C(=O)c1n[nH]c2c1CNCC2.Cl. The molecule has 0 aliphatic carbocycles. The molecular weight excluding hydrogens is 368 g/mol. The Kier molecular flexibility index (Phi) is 8.74. The molecule has 0 unspecified atom stereocenters. The quantitative estimate of drug-likeness (QED) is 0.634. The van der Waals surface area contributed by atoms with Crippen molar-refractivity contribution in [1.82, 2.24) is 20.4 Å². The number of hydrogen-bond donors (Lipinski definition) is 2. The predicted octanol–water partition coefficient (Wildman–Crippen LogP) is 1.78. The van der Waals surface area contributed by atoms with Crippen molar-refractivity contribution in [2.24, 2.45) is 0 Å². The molecule has 0 spiro atoms. The molecule has 2 heterocycles. The Hall–Kier alpha value is -1.93. The first kappa shape index (κ1) is 21.4. The Balaban J connectivity index is 0.00000261. The summed E-state index contributed by atoms with van der Waals surface area (Å²) in [6, 6.07) is 9.97. The van der Waals surface area contributed by atoms with Crippen LogP contribution in [0.2, 0.25) is 0 Å². The summed E-state index contributed by atoms with van der Waals surface area (Å²) >= 11 is 0. The van der Waals surface area contributed by atoms with Gasteiger partial charge < -0.3 is 19.7 Å². The molecule has 0 saturated heterocycles. The molecule has 7 nitrogen and oxygen atoms in total. The van der Waals surface area contributed by atoms with Crippen molar-refractivity contribution in [3.05, 3.63) is 52.8 Å². The molecule has 1 aromatic carbocycles. The molecule has 148 valence electrons. The van der Waals surface area contributed by atoms with Crippen LogP contribution in [-0.2, 0) is 29.0 Å². The molecule has 3 rings (SSSR count). The van der Waals surface area contributed by atoms with Gasteiger partial charge in [-0.1, -0.05) is 30.3 Å². The third kappa shape index (κ3) is 5.77. The number of halogens is 1. The first-order valence-electron chi connectivity index (χ1n) is 8.96. The number of fused-ring (bicyclic) bond motifs is 1. The number of carbonyl (C=O) groups is 1. The smallest absolute Gasteiger partial charge is 0.275 e. The summed E-state index contributed by atoms with van der Waals surface area (Å²) in [5, 5.41) is 10.6. The van der Waals surface area contributed by atoms with Gasteiger partial charge in [0.15, 0.2) is 5.69 Å². The lowest BCUT2D eigenvalue weighted by Crippen LogP contribution is -2.35. The van der Waals surface area contributed by atoms with Crippen molar-refractivity contribution >= 4 is 18.3 Å². The molecule has 0 fully saturated rings. The van der Waals surface area contributed by atoms with Crippen LogP contribution >= 0.6 is 12.4 Å². The second-order valence-corrected chi connectivity index (χ2v) is 6.27. The predicted molar refractivity (Wildman–Crippen MR) is 105 cm³/mol. The van der Waals surface area contributed by atoms with Crippen molar-refractivity contribution in [3.63, 3.8) is 0 Å². The molecule has 0 saturated carbocycles. The summed E-state index contributed by atoms with van der Waals surface area (Å²) in [6.45, 7) is 4.15. The van der Waals surface area contributed by atoms with Gasteiger partial charge in [0.2, 0.25) is 0 Å². The third-order valence-electron chi connectivity index (χ3n) is 4.45. The van der Waals surface area contributed by atoms with Crippen molar-refractivity contribution in [1.29, 1.82) is 0 Å². The first-order valence-corrected chi connectivity index (χ1v) is 8.96. The molecule has 1 amide bonds. The van der Waals surface area contributed by atoms with Crippen LogP contribution in [-0.4, -0.2) is 61.0 Å². The van der Waals surface area contributed by atoms with Crippen LogP contribution in [0.4, 0.5) is 0 Å². The van der Waals surface area contributed by atoms with Crippen LogP contribution in [0.1, 0.15) is 27.3 Å². The summed E-state index contributed by atoms with van der Waals surface area (Å²) in [5.41, 5.74) is 3.64. The maximum Gasteiger partial charge on any atom is 0.275 e. The second kappa shape index (κ2) is 11.0. The number of rotatable bonds is 9. The van der Waals surface area contributed by atoms with E-state index in [1.807, 2.05) is 30.3 Å². The Labute approximate surface area is 165 Å². The van der Waals surface area contributed by atoms with E-state index in [4.69, 9.17) is 9.47 Å². The Morgan fingerprint density at radius 1 is 1.22 bits per heavy atom. The topological polar surface area (TPSA) is 79.5 Å². The van der Waals surface area contributed by atoms with Gasteiger partial charge >= 0.3 is 0 Å². The molecule has 0 radical (unpaired) electrons. The number of methoxy groups -OCH3 is 1. The van der Waals surface area contributed by atoms with E-state index in [0.29, 0.717) is 45.1 Å². The summed E-state index contributed by atoms with van der Waals surface area (Å²) in [5.74, 6) is -0.0644. The standard InChI is InChI=1S/C19H26N4O3.ClH/c1-25-11-12-26-10-9-23(14-15-5-3-2-4-6-15)19(24)18-16-13-20-8-7-17(16)21-22-18;/h2-6,20H,7-14H2,1H3,(H,21,22);1H.